The first-order valence-corrected chi connectivity index (χ1v) is 4.45. The van der Waals surface area contributed by atoms with E-state index in [0.717, 1.165) is 24.0 Å². The third-order valence-electron chi connectivity index (χ3n) is 2.04. The number of hydrogen-bond acceptors (Lipinski definition) is 1. The van der Waals surface area contributed by atoms with Gasteiger partial charge in [-0.1, -0.05) is 17.7 Å². The van der Waals surface area contributed by atoms with Gasteiger partial charge in [0.2, 0.25) is 0 Å². The van der Waals surface area contributed by atoms with Crippen LogP contribution in [0.15, 0.2) is 24.3 Å². The van der Waals surface area contributed by atoms with E-state index >= 15 is 0 Å². The Hall–Kier alpha value is -1.05. The van der Waals surface area contributed by atoms with Crippen LogP contribution in [0.4, 0.5) is 0 Å². The predicted molar refractivity (Wildman–Crippen MR) is 54.6 cm³/mol. The van der Waals surface area contributed by atoms with Gasteiger partial charge in [-0.05, 0) is 32.6 Å². The van der Waals surface area contributed by atoms with Crippen LogP contribution >= 0.6 is 0 Å². The zero-order valence-electron chi connectivity index (χ0n) is 8.47. The maximum atomic E-state index is 10.5. The fourth-order valence-electron chi connectivity index (χ4n) is 1.15. The van der Waals surface area contributed by atoms with Crippen LogP contribution < -0.4 is 0 Å². The predicted octanol–water partition coefficient (Wildman–Crippen LogP) is 3.01. The molecule has 74 valence electrons. The number of carboxylic acids is 1. The zero-order chi connectivity index (χ0) is 10.4. The molecule has 0 unspecified atom stereocenters. The smallest absolute Gasteiger partial charge is 0.303 e. The quantitative estimate of drug-likeness (QED) is 0.641. The maximum absolute atomic E-state index is 10.5. The van der Waals surface area contributed by atoms with Gasteiger partial charge in [-0.2, -0.15) is 0 Å². The molecule has 0 saturated heterocycles. The molecule has 2 heteroatoms. The van der Waals surface area contributed by atoms with Crippen LogP contribution in [-0.2, 0) is 4.79 Å². The fourth-order valence-corrected chi connectivity index (χ4v) is 1.15. The Morgan fingerprint density at radius 2 is 1.92 bits per heavy atom. The number of aliphatic carboxylic acids is 1. The topological polar surface area (TPSA) is 37.3 Å². The van der Waals surface area contributed by atoms with E-state index in [1.807, 2.05) is 13.8 Å². The molecule has 0 rings (SSSR count). The van der Waals surface area contributed by atoms with Crippen molar-refractivity contribution in [2.45, 2.75) is 33.1 Å². The molecule has 0 fully saturated rings. The van der Waals surface area contributed by atoms with Crippen molar-refractivity contribution in [1.29, 1.82) is 0 Å². The van der Waals surface area contributed by atoms with Gasteiger partial charge in [-0.25, -0.2) is 0 Å². The number of rotatable bonds is 6. The second kappa shape index (κ2) is 5.57. The van der Waals surface area contributed by atoms with E-state index in [1.165, 1.54) is 0 Å². The Morgan fingerprint density at radius 3 is 2.23 bits per heavy atom. The van der Waals surface area contributed by atoms with Gasteiger partial charge in [0.25, 0.3) is 0 Å². The minimum Gasteiger partial charge on any atom is -0.481 e. The molecule has 0 aromatic rings. The van der Waals surface area contributed by atoms with Crippen LogP contribution in [0.3, 0.4) is 0 Å². The molecule has 0 aromatic heterocycles. The van der Waals surface area contributed by atoms with Crippen LogP contribution in [0.1, 0.15) is 33.1 Å². The molecule has 1 atom stereocenters. The van der Waals surface area contributed by atoms with Crippen LogP contribution in [-0.4, -0.2) is 11.1 Å². The molecule has 13 heavy (non-hydrogen) atoms. The average molecular weight is 182 g/mol. The van der Waals surface area contributed by atoms with Crippen LogP contribution in [0, 0.1) is 5.92 Å². The molecule has 0 radical (unpaired) electrons. The highest BCUT2D eigenvalue weighted by Gasteiger charge is 2.13. The van der Waals surface area contributed by atoms with E-state index in [1.54, 1.807) is 0 Å². The molecule has 0 amide bonds. The minimum atomic E-state index is -0.755. The van der Waals surface area contributed by atoms with Gasteiger partial charge in [0.15, 0.2) is 0 Å². The Kier molecular flexibility index (Phi) is 5.12. The summed E-state index contributed by atoms with van der Waals surface area (Å²) in [4.78, 5) is 10.5. The first-order valence-electron chi connectivity index (χ1n) is 4.45. The van der Waals surface area contributed by atoms with Gasteiger partial charge in [0.05, 0.1) is 6.42 Å². The summed E-state index contributed by atoms with van der Waals surface area (Å²) in [5.41, 5.74) is 2.04. The third-order valence-corrected chi connectivity index (χ3v) is 2.04. The maximum Gasteiger partial charge on any atom is 0.303 e. The van der Waals surface area contributed by atoms with Gasteiger partial charge in [-0.15, -0.1) is 6.58 Å². The summed E-state index contributed by atoms with van der Waals surface area (Å²) in [5, 5.41) is 8.63. The summed E-state index contributed by atoms with van der Waals surface area (Å²) in [6, 6.07) is 0. The molecule has 2 nitrogen and oxygen atoms in total. The lowest BCUT2D eigenvalue weighted by atomic mass is 9.92. The van der Waals surface area contributed by atoms with E-state index < -0.39 is 5.97 Å². The van der Waals surface area contributed by atoms with Crippen molar-refractivity contribution >= 4 is 5.97 Å². The van der Waals surface area contributed by atoms with Gasteiger partial charge in [-0.3, -0.25) is 4.79 Å². The van der Waals surface area contributed by atoms with E-state index in [2.05, 4.69) is 13.2 Å². The van der Waals surface area contributed by atoms with Gasteiger partial charge in [0, 0.05) is 0 Å². The lowest BCUT2D eigenvalue weighted by Crippen LogP contribution is -2.08. The van der Waals surface area contributed by atoms with Crippen molar-refractivity contribution in [2.24, 2.45) is 5.92 Å². The monoisotopic (exact) mass is 182 g/mol. The largest absolute Gasteiger partial charge is 0.481 e. The van der Waals surface area contributed by atoms with Gasteiger partial charge < -0.3 is 5.11 Å². The Labute approximate surface area is 80.0 Å². The van der Waals surface area contributed by atoms with Crippen LogP contribution in [0.25, 0.3) is 0 Å². The first-order chi connectivity index (χ1) is 5.93. The summed E-state index contributed by atoms with van der Waals surface area (Å²) in [5.74, 6) is -0.663. The summed E-state index contributed by atoms with van der Waals surface area (Å²) >= 11 is 0. The normalized spacial score (nSPS) is 12.2. The fraction of sp³-hybridized carbons (Fsp3) is 0.545. The molecule has 0 aliphatic heterocycles. The highest BCUT2D eigenvalue weighted by Crippen LogP contribution is 2.21. The molecular formula is C11H18O2. The van der Waals surface area contributed by atoms with Crippen LogP contribution in [0.2, 0.25) is 0 Å². The summed E-state index contributed by atoms with van der Waals surface area (Å²) < 4.78 is 0. The van der Waals surface area contributed by atoms with Crippen molar-refractivity contribution in [3.8, 4) is 0 Å². The number of carboxylic acid groups (broad SMARTS) is 1. The molecule has 0 aromatic carbocycles. The third kappa shape index (κ3) is 6.14. The first kappa shape index (κ1) is 11.9. The molecule has 0 aliphatic rings. The Bertz CT molecular complexity index is 216. The van der Waals surface area contributed by atoms with E-state index in [0.29, 0.717) is 0 Å². The van der Waals surface area contributed by atoms with E-state index in [-0.39, 0.29) is 12.3 Å². The number of allylic oxidation sites excluding steroid dienone is 2. The van der Waals surface area contributed by atoms with Crippen LogP contribution in [0.5, 0.6) is 0 Å². The van der Waals surface area contributed by atoms with E-state index in [4.69, 9.17) is 5.11 Å². The second-order valence-corrected chi connectivity index (χ2v) is 3.64. The standard InChI is InChI=1S/C11H18O2/c1-8(2)5-6-10(9(3)4)7-11(12)13/h10H,1,3,5-7H2,2,4H3,(H,12,13)/t10-/m1/s1. The number of hydrogen-bond donors (Lipinski definition) is 1. The lowest BCUT2D eigenvalue weighted by Gasteiger charge is -2.14. The average Bonchev–Trinajstić information content (AvgIpc) is 1.96. The molecule has 0 heterocycles. The number of carbonyl (C=O) groups is 1. The molecule has 1 N–H and O–H groups in total. The van der Waals surface area contributed by atoms with Crippen molar-refractivity contribution < 1.29 is 9.90 Å². The summed E-state index contributed by atoms with van der Waals surface area (Å²) in [6.45, 7) is 11.4. The molecule has 0 saturated carbocycles. The molecule has 0 spiro atoms. The second-order valence-electron chi connectivity index (χ2n) is 3.64. The van der Waals surface area contributed by atoms with Crippen molar-refractivity contribution in [3.63, 3.8) is 0 Å². The Balaban J connectivity index is 4.02. The highest BCUT2D eigenvalue weighted by atomic mass is 16.4. The van der Waals surface area contributed by atoms with Crippen molar-refractivity contribution in [3.05, 3.63) is 24.3 Å². The van der Waals surface area contributed by atoms with Crippen molar-refractivity contribution in [2.75, 3.05) is 0 Å². The summed E-state index contributed by atoms with van der Waals surface area (Å²) in [6.07, 6.45) is 1.91. The highest BCUT2D eigenvalue weighted by molar-refractivity contribution is 5.67. The minimum absolute atomic E-state index is 0.0919. The lowest BCUT2D eigenvalue weighted by molar-refractivity contribution is -0.137. The van der Waals surface area contributed by atoms with E-state index in [9.17, 15) is 4.79 Å². The van der Waals surface area contributed by atoms with Gasteiger partial charge in [0.1, 0.15) is 0 Å². The van der Waals surface area contributed by atoms with Gasteiger partial charge >= 0.3 is 5.97 Å². The molecular weight excluding hydrogens is 164 g/mol. The SMILES string of the molecule is C=C(C)CC[C@H](CC(=O)O)C(=C)C. The Morgan fingerprint density at radius 1 is 1.38 bits per heavy atom. The zero-order valence-corrected chi connectivity index (χ0v) is 8.47. The van der Waals surface area contributed by atoms with Crippen molar-refractivity contribution in [1.82, 2.24) is 0 Å². The molecule has 0 bridgehead atoms. The molecule has 0 aliphatic carbocycles. The summed E-state index contributed by atoms with van der Waals surface area (Å²) in [7, 11) is 0.